The van der Waals surface area contributed by atoms with E-state index >= 15 is 0 Å². The van der Waals surface area contributed by atoms with E-state index in [0.29, 0.717) is 11.4 Å². The van der Waals surface area contributed by atoms with Crippen LogP contribution in [0.2, 0.25) is 0 Å². The molecule has 0 atom stereocenters. The highest BCUT2D eigenvalue weighted by Crippen LogP contribution is 2.39. The molecule has 80 heavy (non-hydrogen) atoms. The summed E-state index contributed by atoms with van der Waals surface area (Å²) in [6.45, 7) is 34.6. The summed E-state index contributed by atoms with van der Waals surface area (Å²) < 4.78 is 35.2. The van der Waals surface area contributed by atoms with Gasteiger partial charge in [-0.05, 0) is 137 Å². The van der Waals surface area contributed by atoms with Gasteiger partial charge >= 0.3 is 36.6 Å². The minimum atomic E-state index is -0.885. The third-order valence-corrected chi connectivity index (χ3v) is 11.4. The van der Waals surface area contributed by atoms with Crippen molar-refractivity contribution in [1.29, 1.82) is 0 Å². The predicted molar refractivity (Wildman–Crippen MR) is 306 cm³/mol. The lowest BCUT2D eigenvalue weighted by molar-refractivity contribution is -0.115. The van der Waals surface area contributed by atoms with Crippen LogP contribution in [0.4, 0.5) is 51.5 Å². The Morgan fingerprint density at radius 1 is 0.300 bits per heavy atom. The standard InChI is InChI=1S/C56H96N10O14/c1-39(67)57-41-37-42(58-40(2)68)44(60-23-27-63(47(71)77-53(9,10)11)31-35-66(50(74)80-56(18,19)20)36-32-64(28-24-60)48(72)78-54(12,13)14)38-43(41)59-21-25-61(45(69)75-51(3,4)5)29-33-65(49(73)79-55(15,16)17)34-30-62(26-22-59)46(70)76-52(6,7)8/h37-38H,21-36H2,1-20H3,(H,57,67)(H,58,68). The van der Waals surface area contributed by atoms with Crippen molar-refractivity contribution in [2.75, 3.05) is 125 Å². The van der Waals surface area contributed by atoms with Crippen molar-refractivity contribution in [2.24, 2.45) is 0 Å². The summed E-state index contributed by atoms with van der Waals surface area (Å²) in [5.74, 6) is -0.884. The normalized spacial score (nSPS) is 16.6. The second-order valence-corrected chi connectivity index (χ2v) is 26.0. The van der Waals surface area contributed by atoms with Crippen LogP contribution in [0.3, 0.4) is 0 Å². The van der Waals surface area contributed by atoms with E-state index in [2.05, 4.69) is 10.6 Å². The fraction of sp³-hybridized carbons (Fsp3) is 0.750. The van der Waals surface area contributed by atoms with Crippen LogP contribution in [0.5, 0.6) is 0 Å². The molecule has 0 aliphatic carbocycles. The van der Waals surface area contributed by atoms with Crippen molar-refractivity contribution in [3.63, 3.8) is 0 Å². The second-order valence-electron chi connectivity index (χ2n) is 26.0. The molecule has 454 valence electrons. The molecule has 3 rings (SSSR count). The van der Waals surface area contributed by atoms with Crippen molar-refractivity contribution >= 4 is 71.1 Å². The van der Waals surface area contributed by atoms with E-state index in [9.17, 15) is 38.4 Å². The zero-order valence-corrected chi connectivity index (χ0v) is 51.8. The highest BCUT2D eigenvalue weighted by molar-refractivity contribution is 6.00. The molecule has 2 heterocycles. The first kappa shape index (κ1) is 67.7. The number of carbonyl (C=O) groups excluding carboxylic acids is 8. The Morgan fingerprint density at radius 2 is 0.463 bits per heavy atom. The van der Waals surface area contributed by atoms with Gasteiger partial charge in [0.2, 0.25) is 11.8 Å². The van der Waals surface area contributed by atoms with E-state index in [0.717, 1.165) is 0 Å². The topological polar surface area (TPSA) is 242 Å². The summed E-state index contributed by atoms with van der Waals surface area (Å²) >= 11 is 0. The Bertz CT molecular complexity index is 2080. The Kier molecular flexibility index (Phi) is 23.4. The maximum Gasteiger partial charge on any atom is 0.410 e. The molecule has 2 aliphatic rings. The largest absolute Gasteiger partial charge is 0.444 e. The summed E-state index contributed by atoms with van der Waals surface area (Å²) in [4.78, 5) is 123. The highest BCUT2D eigenvalue weighted by Gasteiger charge is 2.34. The van der Waals surface area contributed by atoms with Gasteiger partial charge in [-0.3, -0.25) is 9.59 Å². The summed E-state index contributed by atoms with van der Waals surface area (Å²) in [5, 5.41) is 5.88. The molecule has 0 radical (unpaired) electrons. The van der Waals surface area contributed by atoms with Gasteiger partial charge in [0.15, 0.2) is 0 Å². The molecule has 1 aromatic rings. The van der Waals surface area contributed by atoms with Crippen LogP contribution in [-0.4, -0.2) is 216 Å². The third kappa shape index (κ3) is 24.8. The number of amides is 8. The molecular weight excluding hydrogens is 1040 g/mol. The van der Waals surface area contributed by atoms with E-state index in [1.807, 2.05) is 9.80 Å². The van der Waals surface area contributed by atoms with Gasteiger partial charge in [0.05, 0.1) is 22.7 Å². The molecule has 1 aromatic carbocycles. The van der Waals surface area contributed by atoms with Crippen molar-refractivity contribution in [3.8, 4) is 0 Å². The lowest BCUT2D eigenvalue weighted by Crippen LogP contribution is -2.51. The maximum atomic E-state index is 14.1. The first-order valence-electron chi connectivity index (χ1n) is 27.6. The zero-order valence-electron chi connectivity index (χ0n) is 51.8. The average molecular weight is 1130 g/mol. The quantitative estimate of drug-likeness (QED) is 0.268. The smallest absolute Gasteiger partial charge is 0.410 e. The highest BCUT2D eigenvalue weighted by atomic mass is 16.6. The lowest BCUT2D eigenvalue weighted by Gasteiger charge is -2.38. The number of benzene rings is 1. The molecule has 0 aromatic heterocycles. The number of nitrogens with one attached hydrogen (secondary N) is 2. The average Bonchev–Trinajstić information content (AvgIpc) is 3.23. The van der Waals surface area contributed by atoms with Gasteiger partial charge in [0, 0.05) is 119 Å². The van der Waals surface area contributed by atoms with Crippen molar-refractivity contribution < 1.29 is 66.8 Å². The maximum absolute atomic E-state index is 14.1. The van der Waals surface area contributed by atoms with Gasteiger partial charge in [-0.15, -0.1) is 0 Å². The van der Waals surface area contributed by atoms with Gasteiger partial charge in [0.25, 0.3) is 0 Å². The van der Waals surface area contributed by atoms with Crippen LogP contribution in [0.15, 0.2) is 12.1 Å². The molecule has 0 bridgehead atoms. The molecule has 24 heteroatoms. The summed E-state index contributed by atoms with van der Waals surface area (Å²) in [7, 11) is 0. The van der Waals surface area contributed by atoms with E-state index < -0.39 is 82.0 Å². The monoisotopic (exact) mass is 1130 g/mol. The summed E-state index contributed by atoms with van der Waals surface area (Å²) in [6.07, 6.45) is -3.84. The number of hydrogen-bond donors (Lipinski definition) is 2. The number of ether oxygens (including phenoxy) is 6. The van der Waals surface area contributed by atoms with Gasteiger partial charge < -0.3 is 78.3 Å². The number of rotatable bonds is 4. The van der Waals surface area contributed by atoms with Crippen molar-refractivity contribution in [2.45, 2.75) is 172 Å². The van der Waals surface area contributed by atoms with Crippen molar-refractivity contribution in [3.05, 3.63) is 12.1 Å². The van der Waals surface area contributed by atoms with Crippen LogP contribution in [0, 0.1) is 0 Å². The number of nitrogens with zero attached hydrogens (tertiary/aromatic N) is 8. The van der Waals surface area contributed by atoms with Crippen LogP contribution >= 0.6 is 0 Å². The molecule has 2 aliphatic heterocycles. The third-order valence-electron chi connectivity index (χ3n) is 11.4. The van der Waals surface area contributed by atoms with Crippen molar-refractivity contribution in [1.82, 2.24) is 29.4 Å². The Balaban J connectivity index is 2.40. The van der Waals surface area contributed by atoms with Crippen LogP contribution < -0.4 is 20.4 Å². The molecule has 2 N–H and O–H groups in total. The fourth-order valence-corrected chi connectivity index (χ4v) is 8.04. The Morgan fingerprint density at radius 3 is 0.613 bits per heavy atom. The van der Waals surface area contributed by atoms with Crippen LogP contribution in [-0.2, 0) is 38.0 Å². The minimum Gasteiger partial charge on any atom is -0.444 e. The first-order valence-corrected chi connectivity index (χ1v) is 27.6. The Labute approximate surface area is 475 Å². The molecule has 0 unspecified atom stereocenters. The van der Waals surface area contributed by atoms with E-state index in [1.54, 1.807) is 137 Å². The van der Waals surface area contributed by atoms with Gasteiger partial charge in [-0.25, -0.2) is 28.8 Å². The van der Waals surface area contributed by atoms with E-state index in [1.165, 1.54) is 43.2 Å². The van der Waals surface area contributed by atoms with Gasteiger partial charge in [0.1, 0.15) is 33.6 Å². The minimum absolute atomic E-state index is 0.00527. The lowest BCUT2D eigenvalue weighted by atomic mass is 10.1. The number of hydrogen-bond acceptors (Lipinski definition) is 16. The van der Waals surface area contributed by atoms with Crippen LogP contribution in [0.1, 0.15) is 138 Å². The van der Waals surface area contributed by atoms with Gasteiger partial charge in [-0.1, -0.05) is 0 Å². The second kappa shape index (κ2) is 27.7. The Hall–Kier alpha value is -6.62. The van der Waals surface area contributed by atoms with E-state index in [-0.39, 0.29) is 116 Å². The van der Waals surface area contributed by atoms with Gasteiger partial charge in [-0.2, -0.15) is 0 Å². The molecule has 2 saturated heterocycles. The first-order chi connectivity index (χ1) is 36.5. The summed E-state index contributed by atoms with van der Waals surface area (Å²) in [6, 6.07) is 3.39. The van der Waals surface area contributed by atoms with Crippen LogP contribution in [0.25, 0.3) is 0 Å². The molecular formula is C56H96N10O14. The molecule has 2 fully saturated rings. The molecule has 8 amide bonds. The van der Waals surface area contributed by atoms with E-state index in [4.69, 9.17) is 28.4 Å². The number of carbonyl (C=O) groups is 8. The molecule has 24 nitrogen and oxygen atoms in total. The number of anilines is 4. The SMILES string of the molecule is CC(=O)Nc1cc(NC(C)=O)c(N2CCN(C(=O)OC(C)(C)C)CCN(C(=O)OC(C)(C)C)CCN(C(=O)OC(C)(C)C)CC2)cc1N1CCN(C(=O)OC(C)(C)C)CCN(C(=O)OC(C)(C)C)CCN(C(=O)OC(C)(C)C)CC1. The summed E-state index contributed by atoms with van der Waals surface area (Å²) in [5.41, 5.74) is -3.87. The fourth-order valence-electron chi connectivity index (χ4n) is 8.04. The zero-order chi connectivity index (χ0) is 60.9. The predicted octanol–water partition coefficient (Wildman–Crippen LogP) is 8.67. The molecule has 0 saturated carbocycles. The molecule has 0 spiro atoms.